The monoisotopic (exact) mass is 245 g/mol. The van der Waals surface area contributed by atoms with E-state index >= 15 is 0 Å². The lowest BCUT2D eigenvalue weighted by atomic mass is 10.1. The number of carbonyl (C=O) groups excluding carboxylic acids is 1. The average molecular weight is 245 g/mol. The molecule has 0 unspecified atom stereocenters. The zero-order valence-corrected chi connectivity index (χ0v) is 10.2. The Bertz CT molecular complexity index is 509. The van der Waals surface area contributed by atoms with Gasteiger partial charge in [0, 0.05) is 42.1 Å². The molecule has 18 heavy (non-hydrogen) atoms. The van der Waals surface area contributed by atoms with Gasteiger partial charge in [-0.15, -0.1) is 0 Å². The van der Waals surface area contributed by atoms with Crippen molar-refractivity contribution < 1.29 is 9.53 Å². The fraction of sp³-hybridized carbons (Fsp3) is 0.231. The van der Waals surface area contributed by atoms with Crippen molar-refractivity contribution in [3.8, 4) is 0 Å². The number of hydrogen-bond acceptors (Lipinski definition) is 5. The molecule has 0 atom stereocenters. The highest BCUT2D eigenvalue weighted by atomic mass is 16.5. The number of anilines is 2. The maximum atomic E-state index is 11.2. The molecule has 1 heterocycles. The van der Waals surface area contributed by atoms with Crippen LogP contribution in [0.25, 0.3) is 0 Å². The van der Waals surface area contributed by atoms with Gasteiger partial charge in [0.25, 0.3) is 0 Å². The summed E-state index contributed by atoms with van der Waals surface area (Å²) < 4.78 is 4.64. The van der Waals surface area contributed by atoms with E-state index in [0.29, 0.717) is 18.7 Å². The number of nitrogen functional groups attached to an aromatic ring is 1. The molecule has 1 aliphatic heterocycles. The van der Waals surface area contributed by atoms with Crippen molar-refractivity contribution in [2.24, 2.45) is 4.99 Å². The second-order valence-electron chi connectivity index (χ2n) is 3.91. The number of nitrogens with zero attached hydrogens (tertiary/aromatic N) is 2. The summed E-state index contributed by atoms with van der Waals surface area (Å²) >= 11 is 0. The molecule has 1 aromatic rings. The first-order chi connectivity index (χ1) is 8.70. The van der Waals surface area contributed by atoms with Gasteiger partial charge in [-0.3, -0.25) is 9.79 Å². The number of methoxy groups -OCH3 is 1. The minimum atomic E-state index is -0.231. The van der Waals surface area contributed by atoms with E-state index in [1.165, 1.54) is 7.11 Å². The predicted octanol–water partition coefficient (Wildman–Crippen LogP) is 1.54. The van der Waals surface area contributed by atoms with Crippen LogP contribution in [0.4, 0.5) is 11.4 Å². The third-order valence-electron chi connectivity index (χ3n) is 2.69. The Kier molecular flexibility index (Phi) is 3.62. The molecule has 0 saturated carbocycles. The van der Waals surface area contributed by atoms with E-state index in [2.05, 4.69) is 9.73 Å². The van der Waals surface area contributed by atoms with Gasteiger partial charge in [-0.05, 0) is 18.2 Å². The zero-order valence-electron chi connectivity index (χ0n) is 10.2. The predicted molar refractivity (Wildman–Crippen MR) is 71.6 cm³/mol. The molecule has 0 saturated heterocycles. The Morgan fingerprint density at radius 3 is 3.11 bits per heavy atom. The highest BCUT2D eigenvalue weighted by molar-refractivity contribution is 5.91. The minimum absolute atomic E-state index is 0.231. The first kappa shape index (κ1) is 12.2. The standard InChI is InChI=1S/C13H15N3O2/c1-18-13(17)4-6-16-7-5-15-9-10-8-11(14)2-3-12(10)16/h2-3,5,7-9H,4,6,14H2,1H3. The average Bonchev–Trinajstić information content (AvgIpc) is 2.57. The van der Waals surface area contributed by atoms with Gasteiger partial charge in [-0.1, -0.05) is 0 Å². The lowest BCUT2D eigenvalue weighted by Gasteiger charge is -2.20. The number of benzene rings is 1. The third-order valence-corrected chi connectivity index (χ3v) is 2.69. The fourth-order valence-corrected chi connectivity index (χ4v) is 1.77. The first-order valence-electron chi connectivity index (χ1n) is 5.63. The van der Waals surface area contributed by atoms with Gasteiger partial charge in [0.1, 0.15) is 0 Å². The van der Waals surface area contributed by atoms with Crippen LogP contribution in [-0.4, -0.2) is 25.8 Å². The van der Waals surface area contributed by atoms with Crippen molar-refractivity contribution in [2.75, 3.05) is 24.3 Å². The Balaban J connectivity index is 2.21. The van der Waals surface area contributed by atoms with Crippen molar-refractivity contribution in [1.29, 1.82) is 0 Å². The molecular formula is C13H15N3O2. The molecule has 0 spiro atoms. The first-order valence-corrected chi connectivity index (χ1v) is 5.63. The summed E-state index contributed by atoms with van der Waals surface area (Å²) in [5, 5.41) is 0. The minimum Gasteiger partial charge on any atom is -0.469 e. The number of aliphatic imine (C=N–C) groups is 1. The molecule has 0 radical (unpaired) electrons. The summed E-state index contributed by atoms with van der Waals surface area (Å²) in [6, 6.07) is 5.61. The van der Waals surface area contributed by atoms with Crippen LogP contribution in [0.2, 0.25) is 0 Å². The number of fused-ring (bicyclic) bond motifs is 1. The van der Waals surface area contributed by atoms with Gasteiger partial charge >= 0.3 is 5.97 Å². The molecule has 1 aliphatic rings. The van der Waals surface area contributed by atoms with Crippen molar-refractivity contribution >= 4 is 23.6 Å². The maximum Gasteiger partial charge on any atom is 0.307 e. The van der Waals surface area contributed by atoms with E-state index in [1.807, 2.05) is 29.3 Å². The van der Waals surface area contributed by atoms with E-state index in [4.69, 9.17) is 5.73 Å². The highest BCUT2D eigenvalue weighted by Gasteiger charge is 2.12. The van der Waals surface area contributed by atoms with E-state index in [0.717, 1.165) is 11.3 Å². The molecule has 1 aromatic carbocycles. The van der Waals surface area contributed by atoms with Gasteiger partial charge in [0.15, 0.2) is 0 Å². The second kappa shape index (κ2) is 5.35. The van der Waals surface area contributed by atoms with Crippen LogP contribution < -0.4 is 10.6 Å². The van der Waals surface area contributed by atoms with Gasteiger partial charge in [0.05, 0.1) is 13.5 Å². The van der Waals surface area contributed by atoms with Crippen molar-refractivity contribution in [2.45, 2.75) is 6.42 Å². The van der Waals surface area contributed by atoms with Crippen LogP contribution in [0.3, 0.4) is 0 Å². The molecule has 5 nitrogen and oxygen atoms in total. The van der Waals surface area contributed by atoms with E-state index < -0.39 is 0 Å². The molecule has 0 aliphatic carbocycles. The Hall–Kier alpha value is -2.30. The van der Waals surface area contributed by atoms with Crippen LogP contribution in [0.5, 0.6) is 0 Å². The number of ether oxygens (including phenoxy) is 1. The maximum absolute atomic E-state index is 11.2. The Labute approximate surface area is 106 Å². The lowest BCUT2D eigenvalue weighted by Crippen LogP contribution is -2.21. The van der Waals surface area contributed by atoms with E-state index in [9.17, 15) is 4.79 Å². The summed E-state index contributed by atoms with van der Waals surface area (Å²) in [7, 11) is 1.39. The molecule has 0 fully saturated rings. The van der Waals surface area contributed by atoms with Gasteiger partial charge in [-0.2, -0.15) is 0 Å². The molecule has 2 N–H and O–H groups in total. The third kappa shape index (κ3) is 2.68. The van der Waals surface area contributed by atoms with Crippen molar-refractivity contribution in [3.05, 3.63) is 36.2 Å². The second-order valence-corrected chi connectivity index (χ2v) is 3.91. The number of esters is 1. The number of carbonyl (C=O) groups is 1. The molecule has 0 bridgehead atoms. The molecule has 94 valence electrons. The summed E-state index contributed by atoms with van der Waals surface area (Å²) in [6.45, 7) is 0.545. The molecule has 0 aromatic heterocycles. The van der Waals surface area contributed by atoms with Gasteiger partial charge in [0.2, 0.25) is 0 Å². The van der Waals surface area contributed by atoms with Crippen LogP contribution in [0, 0.1) is 0 Å². The summed E-state index contributed by atoms with van der Waals surface area (Å²) in [5.41, 5.74) is 8.35. The Morgan fingerprint density at radius 2 is 2.33 bits per heavy atom. The smallest absolute Gasteiger partial charge is 0.307 e. The van der Waals surface area contributed by atoms with Gasteiger partial charge in [-0.25, -0.2) is 0 Å². The topological polar surface area (TPSA) is 67.9 Å². The molecule has 5 heteroatoms. The summed E-state index contributed by atoms with van der Waals surface area (Å²) in [5.74, 6) is -0.231. The van der Waals surface area contributed by atoms with Gasteiger partial charge < -0.3 is 15.4 Å². The normalized spacial score (nSPS) is 13.1. The lowest BCUT2D eigenvalue weighted by molar-refractivity contribution is -0.140. The van der Waals surface area contributed by atoms with Crippen LogP contribution in [0.1, 0.15) is 12.0 Å². The van der Waals surface area contributed by atoms with E-state index in [1.54, 1.807) is 12.4 Å². The summed E-state index contributed by atoms with van der Waals surface area (Å²) in [4.78, 5) is 17.3. The van der Waals surface area contributed by atoms with Crippen LogP contribution >= 0.6 is 0 Å². The van der Waals surface area contributed by atoms with E-state index in [-0.39, 0.29) is 5.97 Å². The molecule has 0 amide bonds. The largest absolute Gasteiger partial charge is 0.469 e. The Morgan fingerprint density at radius 1 is 1.50 bits per heavy atom. The quantitative estimate of drug-likeness (QED) is 0.648. The number of nitrogens with two attached hydrogens (primary N) is 1. The number of rotatable bonds is 3. The highest BCUT2D eigenvalue weighted by Crippen LogP contribution is 2.24. The van der Waals surface area contributed by atoms with Crippen molar-refractivity contribution in [3.63, 3.8) is 0 Å². The van der Waals surface area contributed by atoms with Crippen molar-refractivity contribution in [1.82, 2.24) is 0 Å². The molecular weight excluding hydrogens is 230 g/mol. The number of hydrogen-bond donors (Lipinski definition) is 1. The fourth-order valence-electron chi connectivity index (χ4n) is 1.77. The zero-order chi connectivity index (χ0) is 13.0. The van der Waals surface area contributed by atoms with Crippen LogP contribution in [0.15, 0.2) is 35.6 Å². The van der Waals surface area contributed by atoms with Crippen LogP contribution in [-0.2, 0) is 9.53 Å². The summed E-state index contributed by atoms with van der Waals surface area (Å²) in [6.07, 6.45) is 5.60. The SMILES string of the molecule is COC(=O)CCN1C=CN=Cc2cc(N)ccc21. The molecule has 2 rings (SSSR count).